The van der Waals surface area contributed by atoms with Gasteiger partial charge in [0.2, 0.25) is 0 Å². The minimum atomic E-state index is -0.309. The van der Waals surface area contributed by atoms with Crippen LogP contribution in [0.2, 0.25) is 5.02 Å². The fourth-order valence-electron chi connectivity index (χ4n) is 3.65. The van der Waals surface area contributed by atoms with E-state index in [0.717, 1.165) is 23.3 Å². The number of amides is 2. The third kappa shape index (κ3) is 5.11. The number of aromatic nitrogens is 2. The molecular weight excluding hydrogens is 428 g/mol. The van der Waals surface area contributed by atoms with Gasteiger partial charge in [-0.3, -0.25) is 14.3 Å². The van der Waals surface area contributed by atoms with Crippen molar-refractivity contribution in [2.75, 3.05) is 13.2 Å². The van der Waals surface area contributed by atoms with Crippen molar-refractivity contribution >= 4 is 23.4 Å². The van der Waals surface area contributed by atoms with E-state index in [1.54, 1.807) is 15.6 Å². The molecule has 0 unspecified atom stereocenters. The third-order valence-corrected chi connectivity index (χ3v) is 5.54. The van der Waals surface area contributed by atoms with Gasteiger partial charge in [-0.2, -0.15) is 5.10 Å². The highest BCUT2D eigenvalue weighted by atomic mass is 35.5. The first-order valence-corrected chi connectivity index (χ1v) is 11.0. The molecule has 2 amide bonds. The second-order valence-corrected chi connectivity index (χ2v) is 8.04. The Kier molecular flexibility index (Phi) is 6.75. The smallest absolute Gasteiger partial charge is 0.272 e. The molecule has 1 aliphatic heterocycles. The first-order chi connectivity index (χ1) is 15.5. The molecule has 0 atom stereocenters. The van der Waals surface area contributed by atoms with Crippen LogP contribution in [-0.2, 0) is 19.6 Å². The average molecular weight is 453 g/mol. The van der Waals surface area contributed by atoms with Crippen LogP contribution in [0.1, 0.15) is 45.4 Å². The molecule has 0 bridgehead atoms. The molecule has 3 aromatic rings. The number of rotatable bonds is 7. The lowest BCUT2D eigenvalue weighted by atomic mass is 10.2. The lowest BCUT2D eigenvalue weighted by molar-refractivity contribution is 0.0745. The molecule has 0 radical (unpaired) electrons. The number of carbonyl (C=O) groups excluding carboxylic acids is 2. The van der Waals surface area contributed by atoms with E-state index in [4.69, 9.17) is 16.3 Å². The van der Waals surface area contributed by atoms with Gasteiger partial charge in [0.05, 0.1) is 6.61 Å². The first kappa shape index (κ1) is 21.9. The maximum Gasteiger partial charge on any atom is 0.272 e. The fourth-order valence-corrected chi connectivity index (χ4v) is 3.78. The molecule has 0 aliphatic carbocycles. The third-order valence-electron chi connectivity index (χ3n) is 5.29. The van der Waals surface area contributed by atoms with Crippen molar-refractivity contribution in [3.8, 4) is 5.75 Å². The molecule has 0 saturated carbocycles. The van der Waals surface area contributed by atoms with Crippen LogP contribution in [-0.4, -0.2) is 39.6 Å². The van der Waals surface area contributed by atoms with E-state index in [-0.39, 0.29) is 17.5 Å². The van der Waals surface area contributed by atoms with Crippen molar-refractivity contribution in [1.29, 1.82) is 0 Å². The lowest BCUT2D eigenvalue weighted by Gasteiger charge is -2.20. The number of halogens is 1. The summed E-state index contributed by atoms with van der Waals surface area (Å²) in [6, 6.07) is 16.6. The molecule has 4 rings (SSSR count). The van der Waals surface area contributed by atoms with Gasteiger partial charge in [-0.15, -0.1) is 0 Å². The summed E-state index contributed by atoms with van der Waals surface area (Å²) in [4.78, 5) is 27.5. The van der Waals surface area contributed by atoms with Gasteiger partial charge in [0.25, 0.3) is 11.8 Å². The molecule has 1 aromatic heterocycles. The number of carbonyl (C=O) groups is 2. The summed E-state index contributed by atoms with van der Waals surface area (Å²) in [7, 11) is 0. The number of fused-ring (bicyclic) bond motifs is 1. The zero-order valence-electron chi connectivity index (χ0n) is 17.9. The first-order valence-electron chi connectivity index (χ1n) is 10.6. The Balaban J connectivity index is 1.42. The van der Waals surface area contributed by atoms with E-state index < -0.39 is 0 Å². The molecule has 32 heavy (non-hydrogen) atoms. The molecule has 166 valence electrons. The Morgan fingerprint density at radius 1 is 1.09 bits per heavy atom. The maximum atomic E-state index is 13.1. The number of hydrogen-bond acceptors (Lipinski definition) is 4. The van der Waals surface area contributed by atoms with Crippen LogP contribution < -0.4 is 10.1 Å². The zero-order valence-corrected chi connectivity index (χ0v) is 18.6. The van der Waals surface area contributed by atoms with Gasteiger partial charge in [0.1, 0.15) is 11.4 Å². The largest absolute Gasteiger partial charge is 0.494 e. The van der Waals surface area contributed by atoms with Gasteiger partial charge in [-0.25, -0.2) is 0 Å². The Labute approximate surface area is 191 Å². The highest BCUT2D eigenvalue weighted by Gasteiger charge is 2.26. The summed E-state index contributed by atoms with van der Waals surface area (Å²) in [5.41, 5.74) is 2.63. The van der Waals surface area contributed by atoms with Crippen molar-refractivity contribution < 1.29 is 14.3 Å². The Morgan fingerprint density at radius 3 is 2.53 bits per heavy atom. The Bertz CT molecular complexity index is 1090. The predicted octanol–water partition coefficient (Wildman–Crippen LogP) is 3.91. The van der Waals surface area contributed by atoms with E-state index in [9.17, 15) is 9.59 Å². The van der Waals surface area contributed by atoms with Crippen LogP contribution in [0.5, 0.6) is 5.75 Å². The normalized spacial score (nSPS) is 13.4. The summed E-state index contributed by atoms with van der Waals surface area (Å²) in [6.07, 6.45) is 0.765. The Hall–Kier alpha value is -3.32. The summed E-state index contributed by atoms with van der Waals surface area (Å²) in [6.45, 7) is 4.61. The predicted molar refractivity (Wildman–Crippen MR) is 122 cm³/mol. The molecule has 0 fully saturated rings. The minimum Gasteiger partial charge on any atom is -0.494 e. The second kappa shape index (κ2) is 9.87. The number of nitrogens with zero attached hydrogens (tertiary/aromatic N) is 3. The molecule has 7 nitrogen and oxygen atoms in total. The quantitative estimate of drug-likeness (QED) is 0.589. The average Bonchev–Trinajstić information content (AvgIpc) is 3.17. The molecular formula is C24H25ClN4O3. The topological polar surface area (TPSA) is 76.5 Å². The van der Waals surface area contributed by atoms with Gasteiger partial charge < -0.3 is 15.0 Å². The monoisotopic (exact) mass is 452 g/mol. The zero-order chi connectivity index (χ0) is 22.5. The molecule has 0 spiro atoms. The van der Waals surface area contributed by atoms with Crippen molar-refractivity contribution in [3.63, 3.8) is 0 Å². The lowest BCUT2D eigenvalue weighted by Crippen LogP contribution is -2.30. The van der Waals surface area contributed by atoms with Crippen LogP contribution in [0.4, 0.5) is 0 Å². The highest BCUT2D eigenvalue weighted by Crippen LogP contribution is 2.18. The van der Waals surface area contributed by atoms with Gasteiger partial charge in [0.15, 0.2) is 5.69 Å². The van der Waals surface area contributed by atoms with Crippen molar-refractivity contribution in [1.82, 2.24) is 20.0 Å². The number of nitrogens with one attached hydrogen (secondary N) is 1. The van der Waals surface area contributed by atoms with E-state index in [0.29, 0.717) is 43.5 Å². The molecule has 8 heteroatoms. The van der Waals surface area contributed by atoms with E-state index >= 15 is 0 Å². The number of hydrogen-bond donors (Lipinski definition) is 1. The molecule has 1 aliphatic rings. The highest BCUT2D eigenvalue weighted by molar-refractivity contribution is 6.30. The number of ether oxygens (including phenoxy) is 1. The summed E-state index contributed by atoms with van der Waals surface area (Å²) >= 11 is 5.96. The summed E-state index contributed by atoms with van der Waals surface area (Å²) < 4.78 is 7.07. The van der Waals surface area contributed by atoms with Gasteiger partial charge >= 0.3 is 0 Å². The second-order valence-electron chi connectivity index (χ2n) is 7.60. The van der Waals surface area contributed by atoms with Gasteiger partial charge in [-0.05, 0) is 48.7 Å². The molecule has 1 N–H and O–H groups in total. The maximum absolute atomic E-state index is 13.1. The van der Waals surface area contributed by atoms with Crippen LogP contribution >= 0.6 is 11.6 Å². The van der Waals surface area contributed by atoms with Crippen LogP contribution in [0.25, 0.3) is 0 Å². The summed E-state index contributed by atoms with van der Waals surface area (Å²) in [5, 5.41) is 7.92. The van der Waals surface area contributed by atoms with Gasteiger partial charge in [0, 0.05) is 37.3 Å². The van der Waals surface area contributed by atoms with Crippen LogP contribution in [0.15, 0.2) is 54.6 Å². The molecule has 2 heterocycles. The molecule has 0 saturated heterocycles. The van der Waals surface area contributed by atoms with Crippen LogP contribution in [0.3, 0.4) is 0 Å². The van der Waals surface area contributed by atoms with Gasteiger partial charge in [-0.1, -0.05) is 35.9 Å². The van der Waals surface area contributed by atoms with Crippen molar-refractivity contribution in [3.05, 3.63) is 82.1 Å². The minimum absolute atomic E-state index is 0.129. The van der Waals surface area contributed by atoms with Crippen molar-refractivity contribution in [2.45, 2.75) is 33.0 Å². The summed E-state index contributed by atoms with van der Waals surface area (Å²) in [5.74, 6) is 0.356. The SMILES string of the molecule is CCOc1ccc(CNC(=O)c2cc3n(n2)CCCN(Cc2ccc(Cl)cc2)C3=O)cc1. The molecule has 2 aromatic carbocycles. The fraction of sp³-hybridized carbons (Fsp3) is 0.292. The number of benzene rings is 2. The van der Waals surface area contributed by atoms with E-state index in [1.165, 1.54) is 0 Å². The van der Waals surface area contributed by atoms with Crippen molar-refractivity contribution in [2.24, 2.45) is 0 Å². The number of aryl methyl sites for hydroxylation is 1. The standard InChI is InChI=1S/C24H25ClN4O3/c1-2-32-20-10-6-17(7-11-20)15-26-23(30)21-14-22-24(31)28(12-3-13-29(22)27-21)16-18-4-8-19(25)9-5-18/h4-11,14H,2-3,12-13,15-16H2,1H3,(H,26,30). The Morgan fingerprint density at radius 2 is 1.81 bits per heavy atom. The van der Waals surface area contributed by atoms with Crippen LogP contribution in [0, 0.1) is 0 Å². The van der Waals surface area contributed by atoms with E-state index in [2.05, 4.69) is 10.4 Å². The van der Waals surface area contributed by atoms with E-state index in [1.807, 2.05) is 55.5 Å².